The van der Waals surface area contributed by atoms with Gasteiger partial charge < -0.3 is 11.1 Å². The largest absolute Gasteiger partial charge is 0.352 e. The molecule has 0 aromatic carbocycles. The number of amides is 2. The van der Waals surface area contributed by atoms with Crippen LogP contribution in [0.4, 0.5) is 4.79 Å². The summed E-state index contributed by atoms with van der Waals surface area (Å²) in [6, 6.07) is -0.493. The number of nitrogens with two attached hydrogens (primary N) is 1. The molecule has 0 rings (SSSR count). The molecule has 0 aliphatic carbocycles. The molecule has 3 N–H and O–H groups in total. The number of hydrogen-bond acceptors (Lipinski definition) is 1. The minimum absolute atomic E-state index is 0.493. The number of unbranched alkanes of at least 4 members (excludes halogenated alkanes) is 1. The number of urea groups is 1. The van der Waals surface area contributed by atoms with E-state index in [0.717, 1.165) is 6.42 Å². The average Bonchev–Trinajstić information content (AvgIpc) is 1.80. The molecule has 0 aliphatic heterocycles. The van der Waals surface area contributed by atoms with E-state index in [2.05, 4.69) is 11.2 Å². The summed E-state index contributed by atoms with van der Waals surface area (Å²) in [6.07, 6.45) is 6.42. The zero-order chi connectivity index (χ0) is 7.11. The fourth-order valence-electron chi connectivity index (χ4n) is 0.402. The summed E-state index contributed by atoms with van der Waals surface area (Å²) >= 11 is 0. The standard InChI is InChI=1S/C6H10N2O/c1-2-3-4-5-8-6(7)9/h1H,3-5H2,(H3,7,8,9). The molecule has 0 aliphatic rings. The van der Waals surface area contributed by atoms with Crippen LogP contribution in [0.5, 0.6) is 0 Å². The number of carbonyl (C=O) groups excluding carboxylic acids is 1. The lowest BCUT2D eigenvalue weighted by Crippen LogP contribution is -2.29. The van der Waals surface area contributed by atoms with Crippen LogP contribution in [-0.2, 0) is 0 Å². The van der Waals surface area contributed by atoms with Crippen molar-refractivity contribution in [2.24, 2.45) is 5.73 Å². The van der Waals surface area contributed by atoms with E-state index in [-0.39, 0.29) is 0 Å². The predicted molar refractivity (Wildman–Crippen MR) is 35.7 cm³/mol. The smallest absolute Gasteiger partial charge is 0.312 e. The van der Waals surface area contributed by atoms with Gasteiger partial charge in [0.1, 0.15) is 0 Å². The van der Waals surface area contributed by atoms with E-state index in [1.165, 1.54) is 0 Å². The van der Waals surface area contributed by atoms with Gasteiger partial charge in [0, 0.05) is 13.0 Å². The summed E-state index contributed by atoms with van der Waals surface area (Å²) in [7, 11) is 0. The van der Waals surface area contributed by atoms with Crippen LogP contribution >= 0.6 is 0 Å². The molecule has 0 unspecified atom stereocenters. The van der Waals surface area contributed by atoms with E-state index >= 15 is 0 Å². The monoisotopic (exact) mass is 126 g/mol. The molecule has 0 bridgehead atoms. The summed E-state index contributed by atoms with van der Waals surface area (Å²) in [4.78, 5) is 10.0. The van der Waals surface area contributed by atoms with Gasteiger partial charge in [0.25, 0.3) is 0 Å². The SMILES string of the molecule is C#CCCCNC(N)=O. The fourth-order valence-corrected chi connectivity index (χ4v) is 0.402. The van der Waals surface area contributed by atoms with Crippen molar-refractivity contribution in [3.63, 3.8) is 0 Å². The highest BCUT2D eigenvalue weighted by Gasteiger charge is 1.87. The van der Waals surface area contributed by atoms with Crippen molar-refractivity contribution in [2.75, 3.05) is 6.54 Å². The van der Waals surface area contributed by atoms with E-state index in [1.54, 1.807) is 0 Å². The first kappa shape index (κ1) is 7.83. The highest BCUT2D eigenvalue weighted by Crippen LogP contribution is 1.81. The third-order valence-corrected chi connectivity index (χ3v) is 0.797. The average molecular weight is 126 g/mol. The first-order chi connectivity index (χ1) is 4.27. The molecule has 50 valence electrons. The topological polar surface area (TPSA) is 55.1 Å². The molecule has 3 nitrogen and oxygen atoms in total. The van der Waals surface area contributed by atoms with Gasteiger partial charge in [0.2, 0.25) is 0 Å². The molecule has 0 atom stereocenters. The molecule has 0 saturated carbocycles. The number of carbonyl (C=O) groups is 1. The number of primary amides is 1. The second kappa shape index (κ2) is 4.98. The minimum atomic E-state index is -0.493. The first-order valence-electron chi connectivity index (χ1n) is 2.74. The normalized spacial score (nSPS) is 7.89. The summed E-state index contributed by atoms with van der Waals surface area (Å²) in [5.41, 5.74) is 4.77. The Hall–Kier alpha value is -1.17. The van der Waals surface area contributed by atoms with Crippen molar-refractivity contribution in [2.45, 2.75) is 12.8 Å². The Morgan fingerprint density at radius 2 is 2.44 bits per heavy atom. The van der Waals surface area contributed by atoms with Gasteiger partial charge in [-0.15, -0.1) is 12.3 Å². The predicted octanol–water partition coefficient (Wildman–Crippen LogP) is 0.0681. The molecular formula is C6H10N2O. The number of nitrogens with one attached hydrogen (secondary N) is 1. The van der Waals surface area contributed by atoms with Crippen LogP contribution in [0.25, 0.3) is 0 Å². The van der Waals surface area contributed by atoms with Crippen molar-refractivity contribution < 1.29 is 4.79 Å². The van der Waals surface area contributed by atoms with Crippen LogP contribution in [0.2, 0.25) is 0 Å². The number of rotatable bonds is 3. The highest BCUT2D eigenvalue weighted by molar-refractivity contribution is 5.71. The van der Waals surface area contributed by atoms with Gasteiger partial charge in [0.05, 0.1) is 0 Å². The second-order valence-corrected chi connectivity index (χ2v) is 1.60. The lowest BCUT2D eigenvalue weighted by Gasteiger charge is -1.95. The zero-order valence-electron chi connectivity index (χ0n) is 5.18. The molecule has 0 spiro atoms. The molecule has 0 saturated heterocycles. The Bertz CT molecular complexity index is 126. The molecule has 2 amide bonds. The van der Waals surface area contributed by atoms with Gasteiger partial charge in [-0.2, -0.15) is 0 Å². The van der Waals surface area contributed by atoms with Gasteiger partial charge in [-0.05, 0) is 6.42 Å². The van der Waals surface area contributed by atoms with Crippen molar-refractivity contribution in [1.29, 1.82) is 0 Å². The van der Waals surface area contributed by atoms with Crippen LogP contribution in [0.1, 0.15) is 12.8 Å². The van der Waals surface area contributed by atoms with Gasteiger partial charge in [0.15, 0.2) is 0 Å². The van der Waals surface area contributed by atoms with E-state index in [4.69, 9.17) is 12.2 Å². The Morgan fingerprint density at radius 3 is 2.89 bits per heavy atom. The maximum Gasteiger partial charge on any atom is 0.312 e. The molecule has 0 radical (unpaired) electrons. The van der Waals surface area contributed by atoms with E-state index in [0.29, 0.717) is 13.0 Å². The van der Waals surface area contributed by atoms with Crippen molar-refractivity contribution >= 4 is 6.03 Å². The van der Waals surface area contributed by atoms with Crippen molar-refractivity contribution in [1.82, 2.24) is 5.32 Å². The number of hydrogen-bond donors (Lipinski definition) is 2. The lowest BCUT2D eigenvalue weighted by atomic mass is 10.3. The quantitative estimate of drug-likeness (QED) is 0.408. The molecule has 0 aromatic heterocycles. The summed E-state index contributed by atoms with van der Waals surface area (Å²) < 4.78 is 0. The summed E-state index contributed by atoms with van der Waals surface area (Å²) in [5.74, 6) is 2.45. The molecule has 3 heteroatoms. The molecule has 9 heavy (non-hydrogen) atoms. The Balaban J connectivity index is 2.94. The Labute approximate surface area is 54.6 Å². The fraction of sp³-hybridized carbons (Fsp3) is 0.500. The van der Waals surface area contributed by atoms with Crippen LogP contribution in [0.3, 0.4) is 0 Å². The van der Waals surface area contributed by atoms with Crippen LogP contribution in [-0.4, -0.2) is 12.6 Å². The maximum atomic E-state index is 10.0. The summed E-state index contributed by atoms with van der Waals surface area (Å²) in [6.45, 7) is 0.569. The summed E-state index contributed by atoms with van der Waals surface area (Å²) in [5, 5.41) is 2.42. The van der Waals surface area contributed by atoms with E-state index < -0.39 is 6.03 Å². The zero-order valence-corrected chi connectivity index (χ0v) is 5.18. The van der Waals surface area contributed by atoms with Crippen molar-refractivity contribution in [3.05, 3.63) is 0 Å². The molecule has 0 aromatic rings. The van der Waals surface area contributed by atoms with Gasteiger partial charge in [-0.3, -0.25) is 0 Å². The Kier molecular flexibility index (Phi) is 4.33. The molecule has 0 fully saturated rings. The molecular weight excluding hydrogens is 116 g/mol. The maximum absolute atomic E-state index is 10.0. The minimum Gasteiger partial charge on any atom is -0.352 e. The van der Waals surface area contributed by atoms with Gasteiger partial charge in [-0.1, -0.05) is 0 Å². The highest BCUT2D eigenvalue weighted by atomic mass is 16.2. The second-order valence-electron chi connectivity index (χ2n) is 1.60. The third kappa shape index (κ3) is 6.83. The number of terminal acetylenes is 1. The Morgan fingerprint density at radius 1 is 1.78 bits per heavy atom. The third-order valence-electron chi connectivity index (χ3n) is 0.797. The molecule has 0 heterocycles. The van der Waals surface area contributed by atoms with Gasteiger partial charge in [-0.25, -0.2) is 4.79 Å². The van der Waals surface area contributed by atoms with E-state index in [1.807, 2.05) is 0 Å². The van der Waals surface area contributed by atoms with Crippen molar-refractivity contribution in [3.8, 4) is 12.3 Å². The van der Waals surface area contributed by atoms with E-state index in [9.17, 15) is 4.79 Å². The lowest BCUT2D eigenvalue weighted by molar-refractivity contribution is 0.249. The van der Waals surface area contributed by atoms with Crippen LogP contribution in [0, 0.1) is 12.3 Å². The van der Waals surface area contributed by atoms with Crippen LogP contribution < -0.4 is 11.1 Å². The van der Waals surface area contributed by atoms with Gasteiger partial charge >= 0.3 is 6.03 Å². The van der Waals surface area contributed by atoms with Crippen LogP contribution in [0.15, 0.2) is 0 Å². The first-order valence-corrected chi connectivity index (χ1v) is 2.74.